The Balaban J connectivity index is 2.57. The van der Waals surface area contributed by atoms with Crippen LogP contribution in [0.1, 0.15) is 5.56 Å². The van der Waals surface area contributed by atoms with Gasteiger partial charge >= 0.3 is 6.18 Å². The number of alkyl halides is 3. The second-order valence-corrected chi connectivity index (χ2v) is 4.14. The molecule has 7 heteroatoms. The van der Waals surface area contributed by atoms with E-state index in [4.69, 9.17) is 11.6 Å². The van der Waals surface area contributed by atoms with Gasteiger partial charge in [-0.1, -0.05) is 11.6 Å². The van der Waals surface area contributed by atoms with Gasteiger partial charge in [0.25, 0.3) is 0 Å². The van der Waals surface area contributed by atoms with Crippen LogP contribution in [0.5, 0.6) is 0 Å². The molecule has 0 spiro atoms. The van der Waals surface area contributed by atoms with Crippen molar-refractivity contribution in [2.75, 3.05) is 0 Å². The van der Waals surface area contributed by atoms with E-state index in [1.165, 1.54) is 5.38 Å². The van der Waals surface area contributed by atoms with E-state index in [1.807, 2.05) is 0 Å². The van der Waals surface area contributed by atoms with Crippen LogP contribution in [0.25, 0.3) is 10.6 Å². The molecule has 0 fully saturated rings. The smallest absolute Gasteiger partial charge is 0.264 e. The summed E-state index contributed by atoms with van der Waals surface area (Å²) in [6.45, 7) is 0. The summed E-state index contributed by atoms with van der Waals surface area (Å²) in [5, 5.41) is 1.87. The fourth-order valence-electron chi connectivity index (χ4n) is 1.19. The second-order valence-electron chi connectivity index (χ2n) is 2.89. The van der Waals surface area contributed by atoms with Crippen molar-refractivity contribution in [3.8, 4) is 10.6 Å². The van der Waals surface area contributed by atoms with Crippen LogP contribution in [0.4, 0.5) is 13.2 Å². The fourth-order valence-corrected chi connectivity index (χ4v) is 2.16. The highest BCUT2D eigenvalue weighted by Gasteiger charge is 2.34. The minimum absolute atomic E-state index is 0.0492. The predicted octanol–water partition coefficient (Wildman–Crippen LogP) is 3.88. The first-order valence-electron chi connectivity index (χ1n) is 4.11. The lowest BCUT2D eigenvalue weighted by atomic mass is 10.1. The lowest BCUT2D eigenvalue weighted by Crippen LogP contribution is -2.07. The maximum Gasteiger partial charge on any atom is 0.417 e. The summed E-state index contributed by atoms with van der Waals surface area (Å²) < 4.78 is 38.0. The zero-order chi connectivity index (χ0) is 11.8. The van der Waals surface area contributed by atoms with Gasteiger partial charge in [0.1, 0.15) is 10.2 Å². The third-order valence-corrected chi connectivity index (χ3v) is 3.03. The molecule has 0 unspecified atom stereocenters. The van der Waals surface area contributed by atoms with E-state index in [9.17, 15) is 13.2 Å². The van der Waals surface area contributed by atoms with E-state index >= 15 is 0 Å². The average molecular weight is 265 g/mol. The monoisotopic (exact) mass is 264 g/mol. The minimum atomic E-state index is -4.42. The van der Waals surface area contributed by atoms with Gasteiger partial charge in [0, 0.05) is 23.3 Å². The number of hydrogen-bond donors (Lipinski definition) is 0. The number of pyridine rings is 1. The molecule has 0 aliphatic rings. The maximum atomic E-state index is 12.7. The van der Waals surface area contributed by atoms with Crippen LogP contribution in [0.3, 0.4) is 0 Å². The molecule has 0 N–H and O–H groups in total. The Morgan fingerprint density at radius 2 is 2.06 bits per heavy atom. The molecule has 0 saturated carbocycles. The average Bonchev–Trinajstić information content (AvgIpc) is 2.64. The van der Waals surface area contributed by atoms with Crippen molar-refractivity contribution in [2.24, 2.45) is 0 Å². The number of aromatic nitrogens is 2. The quantitative estimate of drug-likeness (QED) is 0.781. The molecule has 2 aromatic heterocycles. The van der Waals surface area contributed by atoms with Gasteiger partial charge < -0.3 is 0 Å². The van der Waals surface area contributed by atoms with Gasteiger partial charge in [-0.2, -0.15) is 13.2 Å². The third kappa shape index (κ3) is 2.17. The second kappa shape index (κ2) is 4.03. The summed E-state index contributed by atoms with van der Waals surface area (Å²) in [7, 11) is 0. The summed E-state index contributed by atoms with van der Waals surface area (Å²) in [6.07, 6.45) is -2.18. The Morgan fingerprint density at radius 1 is 1.31 bits per heavy atom. The predicted molar refractivity (Wildman–Crippen MR) is 55.4 cm³/mol. The minimum Gasteiger partial charge on any atom is -0.264 e. The summed E-state index contributed by atoms with van der Waals surface area (Å²) in [4.78, 5) is 7.47. The molecular formula is C9H4ClF3N2S. The van der Waals surface area contributed by atoms with Gasteiger partial charge in [-0.15, -0.1) is 11.3 Å². The Labute approximate surface area is 97.7 Å². The lowest BCUT2D eigenvalue weighted by molar-refractivity contribution is -0.137. The Kier molecular flexibility index (Phi) is 2.86. The largest absolute Gasteiger partial charge is 0.417 e. The molecule has 2 nitrogen and oxygen atoms in total. The first kappa shape index (κ1) is 11.3. The highest BCUT2D eigenvalue weighted by Crippen LogP contribution is 2.37. The van der Waals surface area contributed by atoms with Crippen molar-refractivity contribution >= 4 is 22.9 Å². The lowest BCUT2D eigenvalue weighted by Gasteiger charge is -2.09. The molecule has 0 amide bonds. The molecule has 0 aliphatic heterocycles. The number of halogens is 4. The third-order valence-electron chi connectivity index (χ3n) is 1.83. The summed E-state index contributed by atoms with van der Waals surface area (Å²) >= 11 is 6.62. The first-order valence-corrected chi connectivity index (χ1v) is 5.37. The topological polar surface area (TPSA) is 25.8 Å². The fraction of sp³-hybridized carbons (Fsp3) is 0.111. The van der Waals surface area contributed by atoms with Crippen molar-refractivity contribution in [3.05, 3.63) is 34.6 Å². The zero-order valence-electron chi connectivity index (χ0n) is 7.62. The molecule has 0 radical (unpaired) electrons. The Hall–Kier alpha value is -1.14. The molecular weight excluding hydrogens is 261 g/mol. The molecule has 2 aromatic rings. The number of nitrogens with zero attached hydrogens (tertiary/aromatic N) is 2. The van der Waals surface area contributed by atoms with E-state index in [-0.39, 0.29) is 15.7 Å². The molecule has 84 valence electrons. The van der Waals surface area contributed by atoms with Crippen LogP contribution in [-0.2, 0) is 6.18 Å². The Morgan fingerprint density at radius 3 is 2.62 bits per heavy atom. The zero-order valence-corrected chi connectivity index (χ0v) is 9.20. The molecule has 2 heterocycles. The van der Waals surface area contributed by atoms with Crippen molar-refractivity contribution in [2.45, 2.75) is 6.18 Å². The van der Waals surface area contributed by atoms with Crippen LogP contribution >= 0.6 is 22.9 Å². The molecule has 0 saturated heterocycles. The summed E-state index contributed by atoms with van der Waals surface area (Å²) in [5.74, 6) is 0. The van der Waals surface area contributed by atoms with Gasteiger partial charge in [-0.05, 0) is 6.07 Å². The highest BCUT2D eigenvalue weighted by atomic mass is 35.5. The molecule has 0 bridgehead atoms. The van der Waals surface area contributed by atoms with Crippen LogP contribution in [-0.4, -0.2) is 9.97 Å². The standard InChI is InChI=1S/C9H4ClF3N2S/c10-7-4-16-8(15-7)5-3-14-2-1-6(5)9(11,12)13/h1-4H. The van der Waals surface area contributed by atoms with Crippen LogP contribution in [0.15, 0.2) is 23.8 Å². The summed E-state index contributed by atoms with van der Waals surface area (Å²) in [5.41, 5.74) is -0.805. The van der Waals surface area contributed by atoms with Gasteiger partial charge in [-0.25, -0.2) is 4.98 Å². The van der Waals surface area contributed by atoms with E-state index < -0.39 is 11.7 Å². The molecule has 16 heavy (non-hydrogen) atoms. The first-order chi connectivity index (χ1) is 7.48. The molecule has 0 aliphatic carbocycles. The number of thiazole rings is 1. The molecule has 0 atom stereocenters. The van der Waals surface area contributed by atoms with E-state index in [0.717, 1.165) is 29.8 Å². The highest BCUT2D eigenvalue weighted by molar-refractivity contribution is 7.13. The summed E-state index contributed by atoms with van der Waals surface area (Å²) in [6, 6.07) is 0.921. The van der Waals surface area contributed by atoms with Crippen molar-refractivity contribution < 1.29 is 13.2 Å². The maximum absolute atomic E-state index is 12.7. The van der Waals surface area contributed by atoms with Crippen molar-refractivity contribution in [1.29, 1.82) is 0 Å². The van der Waals surface area contributed by atoms with Crippen LogP contribution < -0.4 is 0 Å². The van der Waals surface area contributed by atoms with Gasteiger partial charge in [0.15, 0.2) is 0 Å². The van der Waals surface area contributed by atoms with Crippen molar-refractivity contribution in [1.82, 2.24) is 9.97 Å². The van der Waals surface area contributed by atoms with Crippen molar-refractivity contribution in [3.63, 3.8) is 0 Å². The van der Waals surface area contributed by atoms with Gasteiger partial charge in [0.2, 0.25) is 0 Å². The van der Waals surface area contributed by atoms with Gasteiger partial charge in [-0.3, -0.25) is 4.98 Å². The Bertz CT molecular complexity index is 509. The normalized spacial score (nSPS) is 11.8. The van der Waals surface area contributed by atoms with Crippen LogP contribution in [0.2, 0.25) is 5.15 Å². The SMILES string of the molecule is FC(F)(F)c1ccncc1-c1nc(Cl)cs1. The van der Waals surface area contributed by atoms with E-state index in [2.05, 4.69) is 9.97 Å². The van der Waals surface area contributed by atoms with Crippen LogP contribution in [0, 0.1) is 0 Å². The van der Waals surface area contributed by atoms with E-state index in [1.54, 1.807) is 0 Å². The number of hydrogen-bond acceptors (Lipinski definition) is 3. The van der Waals surface area contributed by atoms with Gasteiger partial charge in [0.05, 0.1) is 5.56 Å². The number of rotatable bonds is 1. The molecule has 2 rings (SSSR count). The van der Waals surface area contributed by atoms with E-state index in [0.29, 0.717) is 0 Å². The molecule has 0 aromatic carbocycles.